The highest BCUT2D eigenvalue weighted by Crippen LogP contribution is 2.41. The van der Waals surface area contributed by atoms with E-state index in [-0.39, 0.29) is 5.92 Å². The van der Waals surface area contributed by atoms with E-state index >= 15 is 0 Å². The Bertz CT molecular complexity index is 379. The predicted molar refractivity (Wildman–Crippen MR) is 62.1 cm³/mol. The fourth-order valence-corrected chi connectivity index (χ4v) is 2.58. The highest BCUT2D eigenvalue weighted by Gasteiger charge is 2.36. The molecule has 0 aromatic heterocycles. The number of rotatable bonds is 2. The summed E-state index contributed by atoms with van der Waals surface area (Å²) in [6.07, 6.45) is 1.12. The van der Waals surface area contributed by atoms with E-state index in [0.29, 0.717) is 17.6 Å². The van der Waals surface area contributed by atoms with Crippen molar-refractivity contribution in [3.63, 3.8) is 0 Å². The Morgan fingerprint density at radius 2 is 1.93 bits per heavy atom. The monoisotopic (exact) mass is 202 g/mol. The quantitative estimate of drug-likeness (QED) is 0.715. The van der Waals surface area contributed by atoms with E-state index in [9.17, 15) is 4.79 Å². The summed E-state index contributed by atoms with van der Waals surface area (Å²) in [6.45, 7) is 6.51. The van der Waals surface area contributed by atoms with E-state index in [1.807, 2.05) is 18.2 Å². The Morgan fingerprint density at radius 3 is 2.60 bits per heavy atom. The van der Waals surface area contributed by atoms with Crippen LogP contribution in [0.1, 0.15) is 49.0 Å². The van der Waals surface area contributed by atoms with Crippen molar-refractivity contribution in [1.29, 1.82) is 0 Å². The minimum absolute atomic E-state index is 0.171. The lowest BCUT2D eigenvalue weighted by atomic mass is 9.86. The van der Waals surface area contributed by atoms with Crippen LogP contribution in [0, 0.1) is 11.8 Å². The van der Waals surface area contributed by atoms with Crippen LogP contribution in [0.2, 0.25) is 0 Å². The number of benzene rings is 1. The lowest BCUT2D eigenvalue weighted by Gasteiger charge is -2.17. The van der Waals surface area contributed by atoms with Gasteiger partial charge in [-0.2, -0.15) is 0 Å². The Kier molecular flexibility index (Phi) is 2.64. The van der Waals surface area contributed by atoms with Crippen molar-refractivity contribution >= 4 is 5.78 Å². The molecule has 1 aliphatic rings. The maximum absolute atomic E-state index is 12.0. The molecule has 0 aliphatic heterocycles. The minimum atomic E-state index is 0.171. The van der Waals surface area contributed by atoms with Crippen molar-refractivity contribution in [2.45, 2.75) is 33.1 Å². The molecule has 0 amide bonds. The number of carbonyl (C=O) groups excluding carboxylic acids is 1. The Balaban J connectivity index is 2.38. The molecule has 80 valence electrons. The van der Waals surface area contributed by atoms with Gasteiger partial charge in [-0.3, -0.25) is 4.79 Å². The third-order valence-corrected chi connectivity index (χ3v) is 3.37. The van der Waals surface area contributed by atoms with Crippen molar-refractivity contribution < 1.29 is 4.79 Å². The van der Waals surface area contributed by atoms with Gasteiger partial charge in [-0.25, -0.2) is 0 Å². The van der Waals surface area contributed by atoms with Gasteiger partial charge in [-0.05, 0) is 23.8 Å². The van der Waals surface area contributed by atoms with E-state index in [0.717, 1.165) is 12.0 Å². The number of fused-ring (bicyclic) bond motifs is 1. The zero-order chi connectivity index (χ0) is 11.0. The molecule has 1 aliphatic carbocycles. The van der Waals surface area contributed by atoms with Gasteiger partial charge in [-0.15, -0.1) is 0 Å². The summed E-state index contributed by atoms with van der Waals surface area (Å²) in [5.41, 5.74) is 2.22. The van der Waals surface area contributed by atoms with Gasteiger partial charge in [-0.1, -0.05) is 45.0 Å². The van der Waals surface area contributed by atoms with E-state index in [1.165, 1.54) is 5.56 Å². The second kappa shape index (κ2) is 3.80. The molecule has 0 N–H and O–H groups in total. The standard InChI is InChI=1S/C14H18O/c1-9(2)8-13-10(3)14(15)12-7-5-4-6-11(12)13/h4-7,9-10,13H,8H2,1-3H3. The molecule has 0 saturated heterocycles. The summed E-state index contributed by atoms with van der Waals surface area (Å²) in [6, 6.07) is 8.08. The van der Waals surface area contributed by atoms with Crippen molar-refractivity contribution in [2.24, 2.45) is 11.8 Å². The van der Waals surface area contributed by atoms with Gasteiger partial charge in [0.1, 0.15) is 0 Å². The van der Waals surface area contributed by atoms with Gasteiger partial charge in [0.05, 0.1) is 0 Å². The average molecular weight is 202 g/mol. The van der Waals surface area contributed by atoms with E-state index in [2.05, 4.69) is 26.8 Å². The Morgan fingerprint density at radius 1 is 1.27 bits per heavy atom. The van der Waals surface area contributed by atoms with Gasteiger partial charge in [0.2, 0.25) is 0 Å². The van der Waals surface area contributed by atoms with Gasteiger partial charge in [0, 0.05) is 11.5 Å². The van der Waals surface area contributed by atoms with Crippen LogP contribution in [0.15, 0.2) is 24.3 Å². The summed E-state index contributed by atoms with van der Waals surface area (Å²) in [7, 11) is 0. The molecule has 1 nitrogen and oxygen atoms in total. The molecule has 1 aromatic carbocycles. The molecule has 2 atom stereocenters. The first-order valence-electron chi connectivity index (χ1n) is 5.74. The topological polar surface area (TPSA) is 17.1 Å². The van der Waals surface area contributed by atoms with Crippen LogP contribution in [-0.4, -0.2) is 5.78 Å². The molecule has 0 radical (unpaired) electrons. The fourth-order valence-electron chi connectivity index (χ4n) is 2.58. The van der Waals surface area contributed by atoms with Crippen LogP contribution in [0.5, 0.6) is 0 Å². The highest BCUT2D eigenvalue weighted by molar-refractivity contribution is 6.02. The molecule has 2 unspecified atom stereocenters. The second-order valence-electron chi connectivity index (χ2n) is 4.98. The Labute approximate surface area is 91.5 Å². The molecule has 0 spiro atoms. The summed E-state index contributed by atoms with van der Waals surface area (Å²) >= 11 is 0. The number of hydrogen-bond acceptors (Lipinski definition) is 1. The summed E-state index contributed by atoms with van der Waals surface area (Å²) in [5.74, 6) is 1.59. The van der Waals surface area contributed by atoms with Crippen LogP contribution in [-0.2, 0) is 0 Å². The zero-order valence-corrected chi connectivity index (χ0v) is 9.66. The molecule has 2 rings (SSSR count). The van der Waals surface area contributed by atoms with E-state index in [1.54, 1.807) is 0 Å². The SMILES string of the molecule is CC(C)CC1c2ccccc2C(=O)C1C. The summed E-state index contributed by atoms with van der Waals surface area (Å²) in [4.78, 5) is 12.0. The molecule has 15 heavy (non-hydrogen) atoms. The zero-order valence-electron chi connectivity index (χ0n) is 9.66. The van der Waals surface area contributed by atoms with Crippen LogP contribution in [0.25, 0.3) is 0 Å². The van der Waals surface area contributed by atoms with Crippen LogP contribution in [0.4, 0.5) is 0 Å². The first-order chi connectivity index (χ1) is 7.11. The van der Waals surface area contributed by atoms with Crippen molar-refractivity contribution in [3.8, 4) is 0 Å². The highest BCUT2D eigenvalue weighted by atomic mass is 16.1. The molecule has 1 heteroatoms. The number of hydrogen-bond donors (Lipinski definition) is 0. The van der Waals surface area contributed by atoms with Crippen LogP contribution >= 0.6 is 0 Å². The maximum atomic E-state index is 12.0. The lowest BCUT2D eigenvalue weighted by Crippen LogP contribution is -2.11. The number of ketones is 1. The third-order valence-electron chi connectivity index (χ3n) is 3.37. The van der Waals surface area contributed by atoms with Gasteiger partial charge < -0.3 is 0 Å². The molecule has 1 aromatic rings. The average Bonchev–Trinajstić information content (AvgIpc) is 2.44. The molecule has 0 bridgehead atoms. The van der Waals surface area contributed by atoms with Crippen molar-refractivity contribution in [2.75, 3.05) is 0 Å². The largest absolute Gasteiger partial charge is 0.294 e. The number of carbonyl (C=O) groups is 1. The van der Waals surface area contributed by atoms with Gasteiger partial charge >= 0.3 is 0 Å². The minimum Gasteiger partial charge on any atom is -0.294 e. The molecule has 0 heterocycles. The van der Waals surface area contributed by atoms with E-state index in [4.69, 9.17) is 0 Å². The summed E-state index contributed by atoms with van der Waals surface area (Å²) < 4.78 is 0. The normalized spacial score (nSPS) is 24.7. The molecule has 0 saturated carbocycles. The first-order valence-corrected chi connectivity index (χ1v) is 5.74. The predicted octanol–water partition coefficient (Wildman–Crippen LogP) is 3.65. The third kappa shape index (κ3) is 1.71. The van der Waals surface area contributed by atoms with Gasteiger partial charge in [0.15, 0.2) is 5.78 Å². The maximum Gasteiger partial charge on any atom is 0.166 e. The van der Waals surface area contributed by atoms with Crippen LogP contribution < -0.4 is 0 Å². The van der Waals surface area contributed by atoms with E-state index < -0.39 is 0 Å². The molecular formula is C14H18O. The van der Waals surface area contributed by atoms with Crippen LogP contribution in [0.3, 0.4) is 0 Å². The first kappa shape index (κ1) is 10.4. The molecular weight excluding hydrogens is 184 g/mol. The van der Waals surface area contributed by atoms with Gasteiger partial charge in [0.25, 0.3) is 0 Å². The fraction of sp³-hybridized carbons (Fsp3) is 0.500. The lowest BCUT2D eigenvalue weighted by molar-refractivity contribution is 0.0930. The van der Waals surface area contributed by atoms with Crippen molar-refractivity contribution in [3.05, 3.63) is 35.4 Å². The number of Topliss-reactive ketones (excluding diaryl/α,β-unsaturated/α-hetero) is 1. The summed E-state index contributed by atoms with van der Waals surface area (Å²) in [5, 5.41) is 0. The Hall–Kier alpha value is -1.11. The smallest absolute Gasteiger partial charge is 0.166 e. The van der Waals surface area contributed by atoms with Crippen molar-refractivity contribution in [1.82, 2.24) is 0 Å². The second-order valence-corrected chi connectivity index (χ2v) is 4.98. The molecule has 0 fully saturated rings.